The molecule has 7 aromatic carbocycles. The Morgan fingerprint density at radius 2 is 1.16 bits per heavy atom. The van der Waals surface area contributed by atoms with E-state index in [0.29, 0.717) is 0 Å². The van der Waals surface area contributed by atoms with Gasteiger partial charge in [-0.3, -0.25) is 0 Å². The monoisotopic (exact) mass is 627 g/mol. The number of hydrogen-bond donors (Lipinski definition) is 0. The van der Waals surface area contributed by atoms with Crippen molar-refractivity contribution in [3.63, 3.8) is 0 Å². The van der Waals surface area contributed by atoms with Crippen molar-refractivity contribution < 1.29 is 4.42 Å². The Morgan fingerprint density at radius 1 is 0.490 bits per heavy atom. The molecule has 0 radical (unpaired) electrons. The van der Waals surface area contributed by atoms with E-state index in [2.05, 4.69) is 159 Å². The lowest BCUT2D eigenvalue weighted by atomic mass is 9.69. The van der Waals surface area contributed by atoms with Gasteiger partial charge < -0.3 is 9.32 Å². The number of para-hydroxylation sites is 1. The topological polar surface area (TPSA) is 16.4 Å². The Hall–Kier alpha value is -5.86. The van der Waals surface area contributed by atoms with Crippen molar-refractivity contribution in [1.29, 1.82) is 0 Å². The fraction of sp³-hybridized carbons (Fsp3) is 0.106. The predicted molar refractivity (Wildman–Crippen MR) is 202 cm³/mol. The van der Waals surface area contributed by atoms with Crippen LogP contribution in [0.25, 0.3) is 55.3 Å². The zero-order chi connectivity index (χ0) is 32.6. The van der Waals surface area contributed by atoms with Gasteiger partial charge in [0.1, 0.15) is 11.2 Å². The van der Waals surface area contributed by atoms with Gasteiger partial charge in [-0.1, -0.05) is 123 Å². The number of fused-ring (bicyclic) bond motifs is 12. The second-order valence-electron chi connectivity index (χ2n) is 14.6. The van der Waals surface area contributed by atoms with Crippen molar-refractivity contribution in [3.05, 3.63) is 173 Å². The molecule has 49 heavy (non-hydrogen) atoms. The Bertz CT molecular complexity index is 2710. The van der Waals surface area contributed by atoms with E-state index in [0.717, 1.165) is 21.9 Å². The molecule has 1 unspecified atom stereocenters. The zero-order valence-electron chi connectivity index (χ0n) is 27.7. The maximum atomic E-state index is 6.13. The van der Waals surface area contributed by atoms with Crippen LogP contribution in [-0.4, -0.2) is 0 Å². The first-order chi connectivity index (χ1) is 23.9. The second kappa shape index (κ2) is 9.18. The Morgan fingerprint density at radius 3 is 2.02 bits per heavy atom. The standard InChI is InChI=1S/C47H33NO/c1-46(2)36-15-7-5-13-34(36)43-38(46)24-25-39-45(43)48(40-17-10-14-33-31-11-4-8-16-37(31)47(39,3)44(33)40)30-22-19-28(20-23-30)29-21-26-42-35(27-29)32-12-6-9-18-41(32)49-42/h4-27H,1-3H3. The van der Waals surface area contributed by atoms with Crippen molar-refractivity contribution in [3.8, 4) is 33.4 Å². The van der Waals surface area contributed by atoms with Gasteiger partial charge in [-0.25, -0.2) is 0 Å². The predicted octanol–water partition coefficient (Wildman–Crippen LogP) is 12.7. The molecule has 0 saturated heterocycles. The van der Waals surface area contributed by atoms with Crippen molar-refractivity contribution in [2.24, 2.45) is 0 Å². The average molecular weight is 628 g/mol. The summed E-state index contributed by atoms with van der Waals surface area (Å²) in [5, 5.41) is 2.30. The van der Waals surface area contributed by atoms with Crippen LogP contribution < -0.4 is 4.90 Å². The lowest BCUT2D eigenvalue weighted by Gasteiger charge is -2.43. The van der Waals surface area contributed by atoms with E-state index in [1.54, 1.807) is 0 Å². The van der Waals surface area contributed by atoms with Crippen LogP contribution in [0.5, 0.6) is 0 Å². The van der Waals surface area contributed by atoms with Gasteiger partial charge in [0.2, 0.25) is 0 Å². The van der Waals surface area contributed by atoms with Gasteiger partial charge in [0, 0.05) is 32.9 Å². The average Bonchev–Trinajstić information content (AvgIpc) is 3.73. The van der Waals surface area contributed by atoms with Gasteiger partial charge in [-0.15, -0.1) is 0 Å². The molecule has 3 aliphatic rings. The molecule has 0 spiro atoms. The molecule has 232 valence electrons. The molecule has 2 aliphatic carbocycles. The van der Waals surface area contributed by atoms with Crippen LogP contribution in [0.15, 0.2) is 150 Å². The molecule has 1 aliphatic heterocycles. The number of rotatable bonds is 2. The number of nitrogens with zero attached hydrogens (tertiary/aromatic N) is 1. The Labute approximate surface area is 285 Å². The summed E-state index contributed by atoms with van der Waals surface area (Å²) >= 11 is 0. The van der Waals surface area contributed by atoms with Gasteiger partial charge in [-0.2, -0.15) is 0 Å². The van der Waals surface area contributed by atoms with Crippen molar-refractivity contribution >= 4 is 39.0 Å². The van der Waals surface area contributed by atoms with Gasteiger partial charge in [-0.05, 0) is 99.0 Å². The molecule has 2 heteroatoms. The molecule has 2 heterocycles. The summed E-state index contributed by atoms with van der Waals surface area (Å²) in [4.78, 5) is 2.56. The van der Waals surface area contributed by atoms with Crippen LogP contribution in [-0.2, 0) is 10.8 Å². The van der Waals surface area contributed by atoms with E-state index in [-0.39, 0.29) is 10.8 Å². The maximum Gasteiger partial charge on any atom is 0.135 e. The third kappa shape index (κ3) is 3.31. The summed E-state index contributed by atoms with van der Waals surface area (Å²) in [6, 6.07) is 53.9. The molecule has 0 N–H and O–H groups in total. The van der Waals surface area contributed by atoms with Gasteiger partial charge >= 0.3 is 0 Å². The van der Waals surface area contributed by atoms with E-state index in [4.69, 9.17) is 4.42 Å². The molecule has 1 aromatic heterocycles. The minimum atomic E-state index is -0.270. The van der Waals surface area contributed by atoms with E-state index in [9.17, 15) is 0 Å². The van der Waals surface area contributed by atoms with Gasteiger partial charge in [0.05, 0.1) is 11.4 Å². The fourth-order valence-electron chi connectivity index (χ4n) is 9.55. The van der Waals surface area contributed by atoms with Crippen LogP contribution in [0.3, 0.4) is 0 Å². The summed E-state index contributed by atoms with van der Waals surface area (Å²) in [6.07, 6.45) is 0. The van der Waals surface area contributed by atoms with Crippen molar-refractivity contribution in [1.82, 2.24) is 0 Å². The van der Waals surface area contributed by atoms with Crippen molar-refractivity contribution in [2.75, 3.05) is 4.90 Å². The quantitative estimate of drug-likeness (QED) is 0.190. The minimum Gasteiger partial charge on any atom is -0.456 e. The molecular weight excluding hydrogens is 595 g/mol. The van der Waals surface area contributed by atoms with E-state index < -0.39 is 0 Å². The lowest BCUT2D eigenvalue weighted by molar-refractivity contribution is 0.657. The van der Waals surface area contributed by atoms with Gasteiger partial charge in [0.25, 0.3) is 0 Å². The molecule has 1 atom stereocenters. The van der Waals surface area contributed by atoms with E-state index in [1.165, 1.54) is 78.3 Å². The van der Waals surface area contributed by atoms with Crippen molar-refractivity contribution in [2.45, 2.75) is 31.6 Å². The summed E-state index contributed by atoms with van der Waals surface area (Å²) in [6.45, 7) is 7.21. The molecule has 0 fully saturated rings. The summed E-state index contributed by atoms with van der Waals surface area (Å²) in [7, 11) is 0. The molecule has 0 bridgehead atoms. The van der Waals surface area contributed by atoms with E-state index >= 15 is 0 Å². The van der Waals surface area contributed by atoms with Crippen LogP contribution in [0, 0.1) is 0 Å². The molecule has 0 saturated carbocycles. The summed E-state index contributed by atoms with van der Waals surface area (Å²) in [5.74, 6) is 0. The summed E-state index contributed by atoms with van der Waals surface area (Å²) in [5.41, 5.74) is 19.9. The first-order valence-corrected chi connectivity index (χ1v) is 17.3. The first-order valence-electron chi connectivity index (χ1n) is 17.3. The van der Waals surface area contributed by atoms with Crippen LogP contribution in [0.4, 0.5) is 17.1 Å². The zero-order valence-corrected chi connectivity index (χ0v) is 27.7. The van der Waals surface area contributed by atoms with Crippen LogP contribution in [0.1, 0.15) is 48.6 Å². The third-order valence-corrected chi connectivity index (χ3v) is 11.9. The first kappa shape index (κ1) is 27.1. The minimum absolute atomic E-state index is 0.0942. The molecular formula is C47H33NO. The number of hydrogen-bond acceptors (Lipinski definition) is 2. The number of benzene rings is 7. The molecule has 2 nitrogen and oxygen atoms in total. The largest absolute Gasteiger partial charge is 0.456 e. The molecule has 8 aromatic rings. The van der Waals surface area contributed by atoms with E-state index in [1.807, 2.05) is 12.1 Å². The molecule has 11 rings (SSSR count). The SMILES string of the molecule is CC1(C)c2ccccc2-c2c1ccc1c2N(c2ccc(-c3ccc4oc5ccccc5c4c3)cc2)c2cccc3c2C1(C)c1ccccc1-3. The second-order valence-corrected chi connectivity index (χ2v) is 14.6. The highest BCUT2D eigenvalue weighted by Gasteiger charge is 2.50. The highest BCUT2D eigenvalue weighted by Crippen LogP contribution is 2.66. The Balaban J connectivity index is 1.16. The van der Waals surface area contributed by atoms with Crippen LogP contribution >= 0.6 is 0 Å². The Kier molecular flexibility index (Phi) is 5.08. The molecule has 0 amide bonds. The fourth-order valence-corrected chi connectivity index (χ4v) is 9.55. The number of furan rings is 1. The lowest BCUT2D eigenvalue weighted by Crippen LogP contribution is -2.33. The highest BCUT2D eigenvalue weighted by molar-refractivity contribution is 6.07. The van der Waals surface area contributed by atoms with Crippen LogP contribution in [0.2, 0.25) is 0 Å². The highest BCUT2D eigenvalue weighted by atomic mass is 16.3. The third-order valence-electron chi connectivity index (χ3n) is 11.9. The smallest absolute Gasteiger partial charge is 0.135 e. The number of anilines is 3. The van der Waals surface area contributed by atoms with Gasteiger partial charge in [0.15, 0.2) is 0 Å². The summed E-state index contributed by atoms with van der Waals surface area (Å²) < 4.78 is 6.13. The maximum absolute atomic E-state index is 6.13. The normalized spacial score (nSPS) is 17.5.